The molecule has 0 atom stereocenters. The number of morpholine rings is 1. The van der Waals surface area contributed by atoms with Crippen LogP contribution in [-0.4, -0.2) is 60.9 Å². The minimum Gasteiger partial charge on any atom is -0.379 e. The third-order valence-corrected chi connectivity index (χ3v) is 7.72. The third-order valence-electron chi connectivity index (χ3n) is 4.23. The zero-order valence-corrected chi connectivity index (χ0v) is 16.4. The van der Waals surface area contributed by atoms with E-state index in [2.05, 4.69) is 10.2 Å². The number of Topliss-reactive ketones (excluding diaryl/α,β-unsaturated/α-hetero) is 1. The van der Waals surface area contributed by atoms with E-state index in [4.69, 9.17) is 10.5 Å². The van der Waals surface area contributed by atoms with Crippen molar-refractivity contribution >= 4 is 33.1 Å². The molecule has 3 rings (SSSR count). The number of nitrogens with two attached hydrogens (primary N) is 1. The van der Waals surface area contributed by atoms with Crippen molar-refractivity contribution in [3.05, 3.63) is 34.0 Å². The number of carbonyl (C=O) groups is 2. The largest absolute Gasteiger partial charge is 0.379 e. The van der Waals surface area contributed by atoms with Crippen LogP contribution in [0.2, 0.25) is 0 Å². The number of carbonyl (C=O) groups excluding carboxylic acids is 2. The molecule has 0 aromatic carbocycles. The minimum atomic E-state index is -3.77. The van der Waals surface area contributed by atoms with Crippen LogP contribution in [0.5, 0.6) is 0 Å². The van der Waals surface area contributed by atoms with E-state index in [1.807, 2.05) is 6.92 Å². The first-order chi connectivity index (χ1) is 12.8. The van der Waals surface area contributed by atoms with Crippen LogP contribution >= 0.6 is 11.3 Å². The van der Waals surface area contributed by atoms with Crippen LogP contribution in [0.4, 0.5) is 0 Å². The van der Waals surface area contributed by atoms with E-state index >= 15 is 0 Å². The molecule has 1 aliphatic rings. The Hall–Kier alpha value is -2.08. The summed E-state index contributed by atoms with van der Waals surface area (Å²) >= 11 is 0.894. The molecule has 1 amide bonds. The van der Waals surface area contributed by atoms with Crippen molar-refractivity contribution in [2.24, 2.45) is 5.73 Å². The monoisotopic (exact) mass is 412 g/mol. The molecule has 27 heavy (non-hydrogen) atoms. The fourth-order valence-corrected chi connectivity index (χ4v) is 5.79. The number of nitrogens with zero attached hydrogens (tertiary/aromatic N) is 2. The van der Waals surface area contributed by atoms with E-state index in [-0.39, 0.29) is 40.8 Å². The number of rotatable bonds is 7. The van der Waals surface area contributed by atoms with Crippen molar-refractivity contribution in [2.75, 3.05) is 26.3 Å². The standard InChI is InChI=1S/C16H20N4O5S2/c1-2-10-7-12(19-18-10)13(21)9-14-11(16(17)22)8-15(26-14)27(23,24)20-3-5-25-6-4-20/h7-8H,2-6,9H2,1H3,(H2,17,22)(H,18,19). The van der Waals surface area contributed by atoms with Crippen LogP contribution in [0.25, 0.3) is 0 Å². The first-order valence-electron chi connectivity index (χ1n) is 8.40. The van der Waals surface area contributed by atoms with Crippen molar-refractivity contribution in [3.8, 4) is 0 Å². The Bertz CT molecular complexity index is 957. The zero-order valence-electron chi connectivity index (χ0n) is 14.7. The molecule has 0 radical (unpaired) electrons. The summed E-state index contributed by atoms with van der Waals surface area (Å²) in [4.78, 5) is 24.6. The molecule has 0 saturated carbocycles. The number of amides is 1. The van der Waals surface area contributed by atoms with Gasteiger partial charge < -0.3 is 10.5 Å². The molecular weight excluding hydrogens is 392 g/mol. The maximum atomic E-state index is 12.8. The average molecular weight is 412 g/mol. The maximum absolute atomic E-state index is 12.8. The van der Waals surface area contributed by atoms with Crippen molar-refractivity contribution in [3.63, 3.8) is 0 Å². The Kier molecular flexibility index (Phi) is 5.75. The second-order valence-corrected chi connectivity index (χ2v) is 9.32. The van der Waals surface area contributed by atoms with E-state index < -0.39 is 15.9 Å². The summed E-state index contributed by atoms with van der Waals surface area (Å²) in [5.41, 5.74) is 6.50. The average Bonchev–Trinajstić information content (AvgIpc) is 3.29. The number of H-pyrrole nitrogens is 1. The van der Waals surface area contributed by atoms with E-state index in [0.29, 0.717) is 24.5 Å². The third kappa shape index (κ3) is 4.10. The van der Waals surface area contributed by atoms with Gasteiger partial charge in [-0.15, -0.1) is 11.3 Å². The lowest BCUT2D eigenvalue weighted by Crippen LogP contribution is -2.40. The van der Waals surface area contributed by atoms with Crippen molar-refractivity contribution in [2.45, 2.75) is 24.0 Å². The van der Waals surface area contributed by atoms with Crippen LogP contribution < -0.4 is 5.73 Å². The minimum absolute atomic E-state index is 0.00252. The van der Waals surface area contributed by atoms with Gasteiger partial charge in [0.25, 0.3) is 10.0 Å². The fourth-order valence-electron chi connectivity index (χ4n) is 2.71. The van der Waals surface area contributed by atoms with E-state index in [9.17, 15) is 18.0 Å². The quantitative estimate of drug-likeness (QED) is 0.639. The van der Waals surface area contributed by atoms with Crippen molar-refractivity contribution in [1.82, 2.24) is 14.5 Å². The van der Waals surface area contributed by atoms with E-state index in [0.717, 1.165) is 17.0 Å². The Morgan fingerprint density at radius 3 is 2.63 bits per heavy atom. The molecule has 2 aromatic heterocycles. The summed E-state index contributed by atoms with van der Waals surface area (Å²) in [5.74, 6) is -1.08. The lowest BCUT2D eigenvalue weighted by Gasteiger charge is -2.25. The number of aryl methyl sites for hydroxylation is 1. The van der Waals surface area contributed by atoms with Gasteiger partial charge >= 0.3 is 0 Å². The molecule has 1 saturated heterocycles. The number of aromatic amines is 1. The highest BCUT2D eigenvalue weighted by Crippen LogP contribution is 2.30. The second kappa shape index (κ2) is 7.89. The number of thiophene rings is 1. The molecule has 1 fully saturated rings. The van der Waals surface area contributed by atoms with Gasteiger partial charge in [0.1, 0.15) is 9.90 Å². The van der Waals surface area contributed by atoms with Crippen LogP contribution in [0.3, 0.4) is 0 Å². The van der Waals surface area contributed by atoms with Crippen LogP contribution in [0.15, 0.2) is 16.3 Å². The molecule has 3 N–H and O–H groups in total. The van der Waals surface area contributed by atoms with E-state index in [1.54, 1.807) is 6.07 Å². The Labute approximate surface area is 160 Å². The number of primary amides is 1. The highest BCUT2D eigenvalue weighted by molar-refractivity contribution is 7.91. The molecular formula is C16H20N4O5S2. The normalized spacial score (nSPS) is 15.7. The maximum Gasteiger partial charge on any atom is 0.252 e. The Balaban J connectivity index is 1.89. The summed E-state index contributed by atoms with van der Waals surface area (Å²) in [5, 5.41) is 6.72. The van der Waals surface area contributed by atoms with Crippen LogP contribution in [0.1, 0.15) is 38.3 Å². The number of hydrogen-bond donors (Lipinski definition) is 2. The van der Waals surface area contributed by atoms with Crippen LogP contribution in [-0.2, 0) is 27.6 Å². The molecule has 2 aromatic rings. The van der Waals surface area contributed by atoms with Crippen LogP contribution in [0, 0.1) is 0 Å². The number of ketones is 1. The molecule has 146 valence electrons. The van der Waals surface area contributed by atoms with Gasteiger partial charge in [0.05, 0.1) is 18.8 Å². The lowest BCUT2D eigenvalue weighted by atomic mass is 10.1. The van der Waals surface area contributed by atoms with Gasteiger partial charge in [-0.3, -0.25) is 14.7 Å². The fraction of sp³-hybridized carbons (Fsp3) is 0.438. The number of sulfonamides is 1. The van der Waals surface area contributed by atoms with Gasteiger partial charge in [0, 0.05) is 30.1 Å². The molecule has 9 nitrogen and oxygen atoms in total. The smallest absolute Gasteiger partial charge is 0.252 e. The van der Waals surface area contributed by atoms with Gasteiger partial charge in [0.15, 0.2) is 5.78 Å². The summed E-state index contributed by atoms with van der Waals surface area (Å²) in [6, 6.07) is 2.90. The molecule has 1 aliphatic heterocycles. The van der Waals surface area contributed by atoms with Gasteiger partial charge in [-0.25, -0.2) is 8.42 Å². The summed E-state index contributed by atoms with van der Waals surface area (Å²) in [6.45, 7) is 3.05. The van der Waals surface area contributed by atoms with Gasteiger partial charge in [-0.2, -0.15) is 9.40 Å². The van der Waals surface area contributed by atoms with Crippen molar-refractivity contribution in [1.29, 1.82) is 0 Å². The number of ether oxygens (including phenoxy) is 1. The van der Waals surface area contributed by atoms with Gasteiger partial charge in [-0.05, 0) is 18.6 Å². The molecule has 0 unspecified atom stereocenters. The van der Waals surface area contributed by atoms with Gasteiger partial charge in [-0.1, -0.05) is 6.92 Å². The summed E-state index contributed by atoms with van der Waals surface area (Å²) < 4.78 is 32.1. The molecule has 0 aliphatic carbocycles. The highest BCUT2D eigenvalue weighted by atomic mass is 32.2. The zero-order chi connectivity index (χ0) is 19.6. The molecule has 11 heteroatoms. The lowest BCUT2D eigenvalue weighted by molar-refractivity contribution is 0.0731. The molecule has 0 bridgehead atoms. The predicted octanol–water partition coefficient (Wildman–Crippen LogP) is 0.579. The Morgan fingerprint density at radius 1 is 1.33 bits per heavy atom. The number of hydrogen-bond acceptors (Lipinski definition) is 7. The first-order valence-corrected chi connectivity index (χ1v) is 10.7. The van der Waals surface area contributed by atoms with Gasteiger partial charge in [0.2, 0.25) is 5.91 Å². The first kappa shape index (κ1) is 19.7. The summed E-state index contributed by atoms with van der Waals surface area (Å²) in [6.07, 6.45) is 0.559. The highest BCUT2D eigenvalue weighted by Gasteiger charge is 2.30. The SMILES string of the molecule is CCc1cc(C(=O)Cc2sc(S(=O)(=O)N3CCOCC3)cc2C(N)=O)n[nH]1. The predicted molar refractivity (Wildman–Crippen MR) is 98.4 cm³/mol. The molecule has 0 spiro atoms. The summed E-state index contributed by atoms with van der Waals surface area (Å²) in [7, 11) is -3.77. The topological polar surface area (TPSA) is 135 Å². The second-order valence-electron chi connectivity index (χ2n) is 6.01. The number of aromatic nitrogens is 2. The molecule has 3 heterocycles. The Morgan fingerprint density at radius 2 is 2.04 bits per heavy atom. The van der Waals surface area contributed by atoms with E-state index in [1.165, 1.54) is 10.4 Å². The van der Waals surface area contributed by atoms with Crippen molar-refractivity contribution < 1.29 is 22.7 Å². The number of nitrogens with one attached hydrogen (secondary N) is 1.